The Hall–Kier alpha value is -2.69. The van der Waals surface area contributed by atoms with Gasteiger partial charge in [-0.15, -0.1) is 0 Å². The highest BCUT2D eigenvalue weighted by Crippen LogP contribution is 2.30. The van der Waals surface area contributed by atoms with Crippen molar-refractivity contribution in [3.63, 3.8) is 0 Å². The van der Waals surface area contributed by atoms with Crippen molar-refractivity contribution in [2.24, 2.45) is 0 Å². The molecule has 0 saturated carbocycles. The summed E-state index contributed by atoms with van der Waals surface area (Å²) in [6.07, 6.45) is 2.42. The van der Waals surface area contributed by atoms with Gasteiger partial charge in [-0.25, -0.2) is 0 Å². The maximum atomic E-state index is 13.0. The van der Waals surface area contributed by atoms with Gasteiger partial charge in [0.25, 0.3) is 0 Å². The average Bonchev–Trinajstić information content (AvgIpc) is 3.17. The minimum atomic E-state index is -0.0274. The van der Waals surface area contributed by atoms with Crippen LogP contribution in [0.15, 0.2) is 83.5 Å². The van der Waals surface area contributed by atoms with Crippen molar-refractivity contribution in [1.29, 1.82) is 0 Å². The zero-order valence-corrected chi connectivity index (χ0v) is 18.5. The topological polar surface area (TPSA) is 42.1 Å². The molecular weight excluding hydrogens is 438 g/mol. The fourth-order valence-corrected chi connectivity index (χ4v) is 3.99. The molecule has 0 radical (unpaired) electrons. The number of H-pyrrole nitrogens is 1. The first kappa shape index (κ1) is 20.6. The largest absolute Gasteiger partial charge is 0.376 e. The lowest BCUT2D eigenvalue weighted by molar-refractivity contribution is 0.0868. The Morgan fingerprint density at radius 3 is 2.57 bits per heavy atom. The van der Waals surface area contributed by atoms with Gasteiger partial charge in [-0.2, -0.15) is 0 Å². The van der Waals surface area contributed by atoms with Crippen LogP contribution in [0.3, 0.4) is 0 Å². The number of ether oxygens (including phenoxy) is 1. The predicted octanol–water partition coefficient (Wildman–Crippen LogP) is 6.81. The van der Waals surface area contributed by atoms with Crippen LogP contribution >= 0.6 is 15.9 Å². The highest BCUT2D eigenvalue weighted by Gasteiger charge is 2.21. The summed E-state index contributed by atoms with van der Waals surface area (Å²) in [5.41, 5.74) is 5.27. The number of halogens is 1. The Bertz CT molecular complexity index is 1130. The number of hydrogen-bond acceptors (Lipinski definition) is 2. The molecule has 0 spiro atoms. The predicted molar refractivity (Wildman–Crippen MR) is 125 cm³/mol. The van der Waals surface area contributed by atoms with Gasteiger partial charge in [0.2, 0.25) is 0 Å². The molecule has 0 bridgehead atoms. The summed E-state index contributed by atoms with van der Waals surface area (Å²) in [5.74, 6) is 0.0956. The van der Waals surface area contributed by atoms with Gasteiger partial charge in [0, 0.05) is 39.5 Å². The molecule has 1 atom stereocenters. The van der Waals surface area contributed by atoms with E-state index in [0.717, 1.165) is 32.1 Å². The van der Waals surface area contributed by atoms with Crippen molar-refractivity contribution in [2.45, 2.75) is 25.9 Å². The average molecular weight is 462 g/mol. The second-order valence-electron chi connectivity index (χ2n) is 7.62. The Balaban J connectivity index is 1.57. The maximum Gasteiger partial charge on any atom is 0.163 e. The summed E-state index contributed by atoms with van der Waals surface area (Å²) in [7, 11) is 0. The third-order valence-electron chi connectivity index (χ3n) is 5.34. The molecule has 0 saturated heterocycles. The van der Waals surface area contributed by atoms with Crippen LogP contribution in [0.1, 0.15) is 39.4 Å². The molecule has 4 rings (SSSR count). The number of rotatable bonds is 8. The third-order valence-corrected chi connectivity index (χ3v) is 5.87. The zero-order valence-electron chi connectivity index (χ0n) is 16.9. The lowest BCUT2D eigenvalue weighted by Gasteiger charge is -2.17. The first-order valence-electron chi connectivity index (χ1n) is 10.1. The van der Waals surface area contributed by atoms with Crippen LogP contribution in [-0.2, 0) is 11.3 Å². The Morgan fingerprint density at radius 2 is 1.80 bits per heavy atom. The quantitative estimate of drug-likeness (QED) is 0.292. The van der Waals surface area contributed by atoms with Gasteiger partial charge in [0.15, 0.2) is 5.78 Å². The van der Waals surface area contributed by atoms with Crippen molar-refractivity contribution in [3.8, 4) is 0 Å². The summed E-state index contributed by atoms with van der Waals surface area (Å²) in [5, 5.41) is 1.16. The second kappa shape index (κ2) is 9.41. The summed E-state index contributed by atoms with van der Waals surface area (Å²) in [6, 6.07) is 24.0. The molecule has 0 fully saturated rings. The number of aryl methyl sites for hydroxylation is 1. The summed E-state index contributed by atoms with van der Waals surface area (Å²) in [6.45, 7) is 3.10. The van der Waals surface area contributed by atoms with Crippen LogP contribution in [0, 0.1) is 6.92 Å². The second-order valence-corrected chi connectivity index (χ2v) is 8.54. The lowest BCUT2D eigenvalue weighted by Crippen LogP contribution is -2.13. The molecule has 3 nitrogen and oxygen atoms in total. The Morgan fingerprint density at radius 1 is 1.03 bits per heavy atom. The van der Waals surface area contributed by atoms with Crippen LogP contribution in [0.4, 0.5) is 0 Å². The molecule has 4 aromatic rings. The minimum Gasteiger partial charge on any atom is -0.376 e. The fourth-order valence-electron chi connectivity index (χ4n) is 3.72. The molecule has 4 heteroatoms. The molecule has 0 unspecified atom stereocenters. The fraction of sp³-hybridized carbons (Fsp3) is 0.192. The number of fused-ring (bicyclic) bond motifs is 1. The molecule has 1 aromatic heterocycles. The highest BCUT2D eigenvalue weighted by atomic mass is 79.9. The molecule has 0 amide bonds. The minimum absolute atomic E-state index is 0.0274. The number of nitrogens with one attached hydrogen (secondary N) is 1. The zero-order chi connectivity index (χ0) is 20.9. The number of aromatic nitrogens is 1. The van der Waals surface area contributed by atoms with Crippen LogP contribution in [0.2, 0.25) is 0 Å². The van der Waals surface area contributed by atoms with E-state index in [4.69, 9.17) is 4.74 Å². The molecule has 1 N–H and O–H groups in total. The van der Waals surface area contributed by atoms with Crippen LogP contribution in [0.25, 0.3) is 10.9 Å². The first-order chi connectivity index (χ1) is 14.6. The third kappa shape index (κ3) is 4.89. The molecule has 3 aromatic carbocycles. The number of benzene rings is 3. The van der Waals surface area contributed by atoms with E-state index < -0.39 is 0 Å². The van der Waals surface area contributed by atoms with E-state index in [1.54, 1.807) is 0 Å². The molecule has 0 aliphatic heterocycles. The number of hydrogen-bond donors (Lipinski definition) is 1. The van der Waals surface area contributed by atoms with Gasteiger partial charge >= 0.3 is 0 Å². The number of carbonyl (C=O) groups excluding carboxylic acids is 1. The van der Waals surface area contributed by atoms with Gasteiger partial charge in [-0.3, -0.25) is 4.79 Å². The van der Waals surface area contributed by atoms with Gasteiger partial charge in [0.05, 0.1) is 13.2 Å². The van der Waals surface area contributed by atoms with Crippen molar-refractivity contribution in [3.05, 3.63) is 106 Å². The molecule has 0 aliphatic rings. The molecule has 0 aliphatic carbocycles. The van der Waals surface area contributed by atoms with Crippen molar-refractivity contribution < 1.29 is 9.53 Å². The Kier molecular flexibility index (Phi) is 6.46. The van der Waals surface area contributed by atoms with Crippen LogP contribution in [-0.4, -0.2) is 17.4 Å². The van der Waals surface area contributed by atoms with Crippen LogP contribution < -0.4 is 0 Å². The van der Waals surface area contributed by atoms with E-state index >= 15 is 0 Å². The van der Waals surface area contributed by atoms with E-state index in [1.165, 1.54) is 5.56 Å². The summed E-state index contributed by atoms with van der Waals surface area (Å²) < 4.78 is 7.03. The van der Waals surface area contributed by atoms with Crippen molar-refractivity contribution in [2.75, 3.05) is 6.61 Å². The normalized spacial score (nSPS) is 12.2. The Labute approximate surface area is 185 Å². The van der Waals surface area contributed by atoms with Crippen molar-refractivity contribution in [1.82, 2.24) is 4.98 Å². The first-order valence-corrected chi connectivity index (χ1v) is 10.9. The molecule has 1 heterocycles. The maximum absolute atomic E-state index is 13.0. The smallest absolute Gasteiger partial charge is 0.163 e. The number of aromatic amines is 1. The number of carbonyl (C=O) groups is 1. The van der Waals surface area contributed by atoms with E-state index in [1.807, 2.05) is 48.7 Å². The molecular formula is C26H24BrNO2. The van der Waals surface area contributed by atoms with Gasteiger partial charge < -0.3 is 9.72 Å². The van der Waals surface area contributed by atoms with E-state index in [-0.39, 0.29) is 11.7 Å². The monoisotopic (exact) mass is 461 g/mol. The molecule has 152 valence electrons. The number of ketones is 1. The summed E-state index contributed by atoms with van der Waals surface area (Å²) in [4.78, 5) is 16.4. The van der Waals surface area contributed by atoms with Gasteiger partial charge in [-0.05, 0) is 42.3 Å². The number of Topliss-reactive ketones (excluding diaryl/α,β-unsaturated/α-hetero) is 1. The highest BCUT2D eigenvalue weighted by molar-refractivity contribution is 9.10. The lowest BCUT2D eigenvalue weighted by atomic mass is 9.91. The van der Waals surface area contributed by atoms with Gasteiger partial charge in [0.1, 0.15) is 0 Å². The summed E-state index contributed by atoms with van der Waals surface area (Å²) >= 11 is 3.43. The molecule has 30 heavy (non-hydrogen) atoms. The van der Waals surface area contributed by atoms with E-state index in [2.05, 4.69) is 58.2 Å². The van der Waals surface area contributed by atoms with Crippen molar-refractivity contribution >= 4 is 32.6 Å². The standard InChI is InChI=1S/C26H24BrNO2/c1-18-7-12-25-23(13-18)24(15-28-25)21(17-30-16-19-5-3-2-4-6-19)14-26(29)20-8-10-22(27)11-9-20/h2-13,15,21,28H,14,16-17H2,1H3/t21-/m0/s1. The SMILES string of the molecule is Cc1ccc2[nH]cc([C@H](COCc3ccccc3)CC(=O)c3ccc(Br)cc3)c2c1. The van der Waals surface area contributed by atoms with E-state index in [9.17, 15) is 4.79 Å². The van der Waals surface area contributed by atoms with E-state index in [0.29, 0.717) is 19.6 Å². The van der Waals surface area contributed by atoms with Gasteiger partial charge in [-0.1, -0.05) is 70.0 Å². The van der Waals surface area contributed by atoms with Crippen LogP contribution in [0.5, 0.6) is 0 Å².